The first-order valence-corrected chi connectivity index (χ1v) is 10.7. The van der Waals surface area contributed by atoms with Gasteiger partial charge >= 0.3 is 6.18 Å². The molecule has 1 spiro atoms. The van der Waals surface area contributed by atoms with Crippen LogP contribution in [0.5, 0.6) is 0 Å². The molecule has 2 aromatic carbocycles. The maximum atomic E-state index is 13.9. The van der Waals surface area contributed by atoms with E-state index < -0.39 is 23.1 Å². The van der Waals surface area contributed by atoms with E-state index in [0.717, 1.165) is 11.0 Å². The highest BCUT2D eigenvalue weighted by Crippen LogP contribution is 2.57. The summed E-state index contributed by atoms with van der Waals surface area (Å²) in [7, 11) is 1.54. The number of likely N-dealkylation sites (N-methyl/N-ethyl adjacent to an activating group) is 1. The van der Waals surface area contributed by atoms with Crippen LogP contribution in [0.2, 0.25) is 0 Å². The number of Topliss-reactive ketones (excluding diaryl/α,β-unsaturated/α-hetero) is 1. The number of hydrogen-bond acceptors (Lipinski definition) is 5. The van der Waals surface area contributed by atoms with Gasteiger partial charge < -0.3 is 10.6 Å². The molecule has 3 aliphatic rings. The summed E-state index contributed by atoms with van der Waals surface area (Å²) in [6, 6.07) is 13.6. The van der Waals surface area contributed by atoms with E-state index in [4.69, 9.17) is 5.73 Å². The number of rotatable bonds is 1. The van der Waals surface area contributed by atoms with Crippen LogP contribution in [0.3, 0.4) is 0 Å². The maximum absolute atomic E-state index is 13.9. The number of allylic oxidation sites excluding steroid dienone is 1. The van der Waals surface area contributed by atoms with E-state index in [1.165, 1.54) is 23.1 Å². The minimum absolute atomic E-state index is 0.0308. The van der Waals surface area contributed by atoms with E-state index in [1.807, 2.05) is 6.07 Å². The number of hydrogen-bond donors (Lipinski definition) is 1. The molecule has 0 fully saturated rings. The zero-order valence-corrected chi connectivity index (χ0v) is 18.1. The van der Waals surface area contributed by atoms with Crippen LogP contribution in [0.1, 0.15) is 30.4 Å². The molecular formula is C25H19F3N4O2. The molecule has 9 heteroatoms. The van der Waals surface area contributed by atoms with Crippen LogP contribution >= 0.6 is 0 Å². The predicted octanol–water partition coefficient (Wildman–Crippen LogP) is 4.14. The van der Waals surface area contributed by atoms with Crippen molar-refractivity contribution in [1.82, 2.24) is 0 Å². The first-order chi connectivity index (χ1) is 16.2. The lowest BCUT2D eigenvalue weighted by atomic mass is 9.63. The second kappa shape index (κ2) is 7.22. The molecule has 1 amide bonds. The lowest BCUT2D eigenvalue weighted by Gasteiger charge is -2.44. The predicted molar refractivity (Wildman–Crippen MR) is 118 cm³/mol. The Morgan fingerprint density at radius 3 is 2.35 bits per heavy atom. The molecule has 1 atom stereocenters. The number of carbonyl (C=O) groups is 2. The maximum Gasteiger partial charge on any atom is 0.418 e. The molecule has 0 bridgehead atoms. The van der Waals surface area contributed by atoms with Crippen molar-refractivity contribution >= 4 is 23.1 Å². The summed E-state index contributed by atoms with van der Waals surface area (Å²) in [5, 5.41) is 10.2. The fraction of sp³-hybridized carbons (Fsp3) is 0.240. The SMILES string of the molecule is CN1C(=O)[C@]2(C(C#N)=C(N)N(c3ccccc3C(F)(F)F)C3=C2C(=O)CCC3)c2ccccc21. The molecule has 0 radical (unpaired) electrons. The molecule has 0 saturated heterocycles. The minimum atomic E-state index is -4.70. The van der Waals surface area contributed by atoms with Crippen molar-refractivity contribution in [1.29, 1.82) is 5.26 Å². The van der Waals surface area contributed by atoms with Crippen molar-refractivity contribution in [3.8, 4) is 6.07 Å². The molecule has 0 aromatic heterocycles. The van der Waals surface area contributed by atoms with Crippen molar-refractivity contribution < 1.29 is 22.8 Å². The molecule has 1 aliphatic carbocycles. The van der Waals surface area contributed by atoms with Gasteiger partial charge in [-0.3, -0.25) is 14.5 Å². The Balaban J connectivity index is 1.91. The van der Waals surface area contributed by atoms with Crippen LogP contribution < -0.4 is 15.5 Å². The Bertz CT molecular complexity index is 1370. The van der Waals surface area contributed by atoms with E-state index >= 15 is 0 Å². The average molecular weight is 464 g/mol. The largest absolute Gasteiger partial charge is 0.418 e. The molecular weight excluding hydrogens is 445 g/mol. The van der Waals surface area contributed by atoms with E-state index in [0.29, 0.717) is 17.7 Å². The molecule has 5 rings (SSSR count). The van der Waals surface area contributed by atoms with Crippen LogP contribution in [0, 0.1) is 11.3 Å². The summed E-state index contributed by atoms with van der Waals surface area (Å²) in [4.78, 5) is 29.8. The third kappa shape index (κ3) is 2.62. The number of para-hydroxylation sites is 2. The fourth-order valence-electron chi connectivity index (χ4n) is 5.42. The molecule has 2 heterocycles. The Hall–Kier alpha value is -4.06. The van der Waals surface area contributed by atoms with Gasteiger partial charge in [0, 0.05) is 36.0 Å². The zero-order chi connectivity index (χ0) is 24.4. The smallest absolute Gasteiger partial charge is 0.384 e. The summed E-state index contributed by atoms with van der Waals surface area (Å²) in [5.74, 6) is -1.19. The zero-order valence-electron chi connectivity index (χ0n) is 18.1. The molecule has 2 N–H and O–H groups in total. The fourth-order valence-corrected chi connectivity index (χ4v) is 5.42. The molecule has 6 nitrogen and oxygen atoms in total. The molecule has 0 saturated carbocycles. The van der Waals surface area contributed by atoms with Crippen LogP contribution in [0.25, 0.3) is 0 Å². The van der Waals surface area contributed by atoms with Gasteiger partial charge in [0.2, 0.25) is 5.91 Å². The topological polar surface area (TPSA) is 90.4 Å². The normalized spacial score (nSPS) is 22.3. The molecule has 34 heavy (non-hydrogen) atoms. The lowest BCUT2D eigenvalue weighted by molar-refractivity contribution is -0.137. The van der Waals surface area contributed by atoms with Gasteiger partial charge in [0.1, 0.15) is 17.3 Å². The van der Waals surface area contributed by atoms with Crippen LogP contribution in [-0.2, 0) is 21.2 Å². The first kappa shape index (κ1) is 21.8. The number of amides is 1. The Morgan fingerprint density at radius 2 is 1.68 bits per heavy atom. The average Bonchev–Trinajstić information content (AvgIpc) is 3.02. The van der Waals surface area contributed by atoms with Crippen LogP contribution in [-0.4, -0.2) is 18.7 Å². The third-order valence-corrected chi connectivity index (χ3v) is 6.76. The number of carbonyl (C=O) groups excluding carboxylic acids is 2. The summed E-state index contributed by atoms with van der Waals surface area (Å²) >= 11 is 0. The number of nitrogens with two attached hydrogens (primary N) is 1. The summed E-state index contributed by atoms with van der Waals surface area (Å²) in [6.45, 7) is 0. The number of halogens is 3. The Kier molecular flexibility index (Phi) is 4.62. The van der Waals surface area contributed by atoms with Crippen molar-refractivity contribution in [2.45, 2.75) is 30.9 Å². The van der Waals surface area contributed by atoms with Gasteiger partial charge in [-0.15, -0.1) is 0 Å². The summed E-state index contributed by atoms with van der Waals surface area (Å²) in [5.41, 5.74) is 4.36. The molecule has 2 aliphatic heterocycles. The minimum Gasteiger partial charge on any atom is -0.384 e. The highest BCUT2D eigenvalue weighted by Gasteiger charge is 2.61. The third-order valence-electron chi connectivity index (χ3n) is 6.76. The van der Waals surface area contributed by atoms with Gasteiger partial charge in [-0.25, -0.2) is 0 Å². The van der Waals surface area contributed by atoms with Crippen molar-refractivity contribution in [2.75, 3.05) is 16.8 Å². The number of fused-ring (bicyclic) bond motifs is 3. The number of nitriles is 1. The molecule has 172 valence electrons. The van der Waals surface area contributed by atoms with Crippen molar-refractivity contribution in [3.05, 3.63) is 82.3 Å². The second-order valence-corrected chi connectivity index (χ2v) is 8.45. The highest BCUT2D eigenvalue weighted by atomic mass is 19.4. The monoisotopic (exact) mass is 464 g/mol. The molecule has 0 unspecified atom stereocenters. The lowest BCUT2D eigenvalue weighted by Crippen LogP contribution is -2.52. The van der Waals surface area contributed by atoms with Gasteiger partial charge in [-0.2, -0.15) is 18.4 Å². The number of benzene rings is 2. The standard InChI is InChI=1S/C25H19F3N4O2/c1-31-17-9-4-2-7-14(17)24(23(31)34)16(13-29)22(30)32(19-11-6-12-20(33)21(19)24)18-10-5-3-8-15(18)25(26,27)28/h2-5,7-10H,6,11-12,30H2,1H3/t24-/m0/s1. The van der Waals surface area contributed by atoms with Crippen molar-refractivity contribution in [2.24, 2.45) is 5.73 Å². The summed E-state index contributed by atoms with van der Waals surface area (Å²) < 4.78 is 41.8. The van der Waals surface area contributed by atoms with E-state index in [-0.39, 0.29) is 47.0 Å². The van der Waals surface area contributed by atoms with Gasteiger partial charge in [-0.05, 0) is 31.0 Å². The van der Waals surface area contributed by atoms with E-state index in [1.54, 1.807) is 31.3 Å². The van der Waals surface area contributed by atoms with Gasteiger partial charge in [0.25, 0.3) is 0 Å². The van der Waals surface area contributed by atoms with Crippen LogP contribution in [0.4, 0.5) is 24.5 Å². The number of nitrogens with zero attached hydrogens (tertiary/aromatic N) is 3. The first-order valence-electron chi connectivity index (χ1n) is 10.7. The quantitative estimate of drug-likeness (QED) is 0.685. The summed E-state index contributed by atoms with van der Waals surface area (Å²) in [6.07, 6.45) is -3.96. The van der Waals surface area contributed by atoms with Crippen LogP contribution in [0.15, 0.2) is 71.2 Å². The Labute approximate surface area is 193 Å². The second-order valence-electron chi connectivity index (χ2n) is 8.45. The number of anilines is 2. The van der Waals surface area contributed by atoms with Gasteiger partial charge in [0.15, 0.2) is 5.78 Å². The van der Waals surface area contributed by atoms with Crippen molar-refractivity contribution in [3.63, 3.8) is 0 Å². The number of ketones is 1. The van der Waals surface area contributed by atoms with E-state index in [9.17, 15) is 28.0 Å². The Morgan fingerprint density at radius 1 is 1.03 bits per heavy atom. The number of alkyl halides is 3. The highest BCUT2D eigenvalue weighted by molar-refractivity contribution is 6.20. The van der Waals surface area contributed by atoms with E-state index in [2.05, 4.69) is 0 Å². The molecule has 2 aromatic rings. The van der Waals surface area contributed by atoms with Gasteiger partial charge in [0.05, 0.1) is 16.8 Å². The van der Waals surface area contributed by atoms with Gasteiger partial charge in [-0.1, -0.05) is 30.3 Å².